The topological polar surface area (TPSA) is 64.7 Å². The van der Waals surface area contributed by atoms with E-state index in [2.05, 4.69) is 5.10 Å². The zero-order valence-electron chi connectivity index (χ0n) is 19.1. The van der Waals surface area contributed by atoms with Crippen molar-refractivity contribution >= 4 is 33.8 Å². The van der Waals surface area contributed by atoms with Crippen molar-refractivity contribution < 1.29 is 22.7 Å². The van der Waals surface area contributed by atoms with E-state index < -0.39 is 17.8 Å². The number of alkyl halides is 3. The fourth-order valence-electron chi connectivity index (χ4n) is 4.59. The maximum Gasteiger partial charge on any atom is 0.416 e. The van der Waals surface area contributed by atoms with E-state index in [0.717, 1.165) is 51.5 Å². The second-order valence-corrected chi connectivity index (χ2v) is 9.66. The smallest absolute Gasteiger partial charge is 0.416 e. The van der Waals surface area contributed by atoms with Gasteiger partial charge in [0.2, 0.25) is 0 Å². The minimum atomic E-state index is -4.52. The second-order valence-electron chi connectivity index (χ2n) is 8.38. The maximum atomic E-state index is 13.5. The van der Waals surface area contributed by atoms with Crippen LogP contribution in [0.15, 0.2) is 29.8 Å². The standard InChI is InChI=1S/C23H21ClF3N5O2S/c1-12-19(13(2)30(3)29-12)21-20-16(28-22-32(20)8-9-35-22)6-7-31(21)18(33)11-34-17-5-4-14(10-15(17)24)23(25,26)27/h4-5,8-10,21H,6-7,11H2,1-3H3. The molecule has 7 nitrogen and oxygen atoms in total. The Balaban J connectivity index is 1.48. The summed E-state index contributed by atoms with van der Waals surface area (Å²) in [5, 5.41) is 6.28. The minimum Gasteiger partial charge on any atom is -0.482 e. The number of aryl methyl sites for hydroxylation is 2. The van der Waals surface area contributed by atoms with Crippen molar-refractivity contribution in [3.8, 4) is 5.75 Å². The van der Waals surface area contributed by atoms with Gasteiger partial charge in [-0.3, -0.25) is 13.9 Å². The van der Waals surface area contributed by atoms with Gasteiger partial charge in [0.05, 0.1) is 27.7 Å². The van der Waals surface area contributed by atoms with E-state index in [1.165, 1.54) is 11.3 Å². The molecule has 1 unspecified atom stereocenters. The molecule has 1 aromatic carbocycles. The van der Waals surface area contributed by atoms with Gasteiger partial charge in [-0.15, -0.1) is 11.3 Å². The molecule has 3 aromatic heterocycles. The van der Waals surface area contributed by atoms with Crippen LogP contribution in [0.3, 0.4) is 0 Å². The Morgan fingerprint density at radius 1 is 1.31 bits per heavy atom. The van der Waals surface area contributed by atoms with Gasteiger partial charge in [-0.2, -0.15) is 18.3 Å². The van der Waals surface area contributed by atoms with E-state index >= 15 is 0 Å². The van der Waals surface area contributed by atoms with E-state index in [0.29, 0.717) is 13.0 Å². The molecule has 4 aromatic rings. The van der Waals surface area contributed by atoms with Crippen LogP contribution in [-0.4, -0.2) is 43.1 Å². The normalized spacial score (nSPS) is 16.1. The molecular weight excluding hydrogens is 503 g/mol. The first-order valence-electron chi connectivity index (χ1n) is 10.8. The number of amides is 1. The molecule has 1 amide bonds. The van der Waals surface area contributed by atoms with Gasteiger partial charge < -0.3 is 9.64 Å². The lowest BCUT2D eigenvalue weighted by Gasteiger charge is -2.36. The first-order chi connectivity index (χ1) is 16.6. The highest BCUT2D eigenvalue weighted by atomic mass is 35.5. The monoisotopic (exact) mass is 523 g/mol. The number of benzene rings is 1. The SMILES string of the molecule is Cc1nn(C)c(C)c1C1c2c(nc3sccn23)CCN1C(=O)COc1ccc(C(F)(F)F)cc1Cl. The Kier molecular flexibility index (Phi) is 5.79. The van der Waals surface area contributed by atoms with Gasteiger partial charge in [0.1, 0.15) is 11.8 Å². The van der Waals surface area contributed by atoms with E-state index in [-0.39, 0.29) is 23.3 Å². The zero-order valence-corrected chi connectivity index (χ0v) is 20.6. The van der Waals surface area contributed by atoms with Crippen LogP contribution in [0.4, 0.5) is 13.2 Å². The average molecular weight is 524 g/mol. The molecule has 1 atom stereocenters. The summed E-state index contributed by atoms with van der Waals surface area (Å²) >= 11 is 7.53. The Morgan fingerprint density at radius 2 is 2.09 bits per heavy atom. The van der Waals surface area contributed by atoms with E-state index in [1.54, 1.807) is 9.58 Å². The highest BCUT2D eigenvalue weighted by molar-refractivity contribution is 7.15. The van der Waals surface area contributed by atoms with E-state index in [4.69, 9.17) is 21.3 Å². The van der Waals surface area contributed by atoms with Gasteiger partial charge in [0, 0.05) is 42.8 Å². The van der Waals surface area contributed by atoms with Crippen molar-refractivity contribution in [2.75, 3.05) is 13.2 Å². The van der Waals surface area contributed by atoms with Gasteiger partial charge in [0.25, 0.3) is 5.91 Å². The summed E-state index contributed by atoms with van der Waals surface area (Å²) in [4.78, 5) is 20.8. The summed E-state index contributed by atoms with van der Waals surface area (Å²) in [5.41, 5.74) is 3.61. The van der Waals surface area contributed by atoms with Gasteiger partial charge >= 0.3 is 6.18 Å². The molecule has 0 bridgehead atoms. The molecule has 5 rings (SSSR count). The number of thiazole rings is 1. The van der Waals surface area contributed by atoms with Crippen molar-refractivity contribution in [2.45, 2.75) is 32.5 Å². The van der Waals surface area contributed by atoms with Crippen LogP contribution in [0, 0.1) is 13.8 Å². The third kappa shape index (κ3) is 4.06. The number of rotatable bonds is 4. The predicted octanol–water partition coefficient (Wildman–Crippen LogP) is 4.97. The van der Waals surface area contributed by atoms with Gasteiger partial charge in [-0.25, -0.2) is 4.98 Å². The van der Waals surface area contributed by atoms with Crippen LogP contribution >= 0.6 is 22.9 Å². The van der Waals surface area contributed by atoms with E-state index in [1.807, 2.05) is 36.9 Å². The fourth-order valence-corrected chi connectivity index (χ4v) is 5.56. The largest absolute Gasteiger partial charge is 0.482 e. The summed E-state index contributed by atoms with van der Waals surface area (Å²) in [5.74, 6) is -0.301. The lowest BCUT2D eigenvalue weighted by molar-refractivity contribution is -0.138. The summed E-state index contributed by atoms with van der Waals surface area (Å²) < 4.78 is 48.2. The van der Waals surface area contributed by atoms with Crippen LogP contribution in [0.1, 0.15) is 39.9 Å². The fraction of sp³-hybridized carbons (Fsp3) is 0.348. The number of aromatic nitrogens is 4. The molecule has 1 aliphatic heterocycles. The molecular formula is C23H21ClF3N5O2S. The van der Waals surface area contributed by atoms with Gasteiger partial charge in [-0.1, -0.05) is 11.6 Å². The Bertz CT molecular complexity index is 1440. The molecule has 184 valence electrons. The molecule has 35 heavy (non-hydrogen) atoms. The number of carbonyl (C=O) groups is 1. The molecule has 0 N–H and O–H groups in total. The molecule has 0 fully saturated rings. The van der Waals surface area contributed by atoms with Crippen LogP contribution < -0.4 is 4.74 Å². The van der Waals surface area contributed by atoms with Crippen molar-refractivity contribution in [3.05, 3.63) is 68.7 Å². The Labute approximate surface area is 207 Å². The molecule has 0 spiro atoms. The summed E-state index contributed by atoms with van der Waals surface area (Å²) in [6.07, 6.45) is -2.01. The second kappa shape index (κ2) is 8.56. The number of halogens is 4. The first-order valence-corrected chi connectivity index (χ1v) is 12.1. The van der Waals surface area contributed by atoms with Gasteiger partial charge in [-0.05, 0) is 32.0 Å². The number of carbonyl (C=O) groups excluding carboxylic acids is 1. The predicted molar refractivity (Wildman–Crippen MR) is 125 cm³/mol. The molecule has 12 heteroatoms. The van der Waals surface area contributed by atoms with Crippen LogP contribution in [-0.2, 0) is 24.4 Å². The van der Waals surface area contributed by atoms with Gasteiger partial charge in [0.15, 0.2) is 11.6 Å². The number of fused-ring (bicyclic) bond motifs is 3. The maximum absolute atomic E-state index is 13.5. The van der Waals surface area contributed by atoms with Crippen LogP contribution in [0.25, 0.3) is 4.96 Å². The number of hydrogen-bond acceptors (Lipinski definition) is 5. The Hall–Kier alpha value is -3.05. The first kappa shape index (κ1) is 23.7. The molecule has 1 aliphatic rings. The van der Waals surface area contributed by atoms with Crippen LogP contribution in [0.2, 0.25) is 5.02 Å². The Morgan fingerprint density at radius 3 is 2.74 bits per heavy atom. The van der Waals surface area contributed by atoms with Crippen molar-refractivity contribution in [1.29, 1.82) is 0 Å². The number of hydrogen-bond donors (Lipinski definition) is 0. The molecule has 0 radical (unpaired) electrons. The lowest BCUT2D eigenvalue weighted by atomic mass is 9.94. The third-order valence-electron chi connectivity index (χ3n) is 6.30. The quantitative estimate of drug-likeness (QED) is 0.379. The molecule has 0 saturated heterocycles. The van der Waals surface area contributed by atoms with Crippen molar-refractivity contribution in [3.63, 3.8) is 0 Å². The summed E-state index contributed by atoms with van der Waals surface area (Å²) in [6.45, 7) is 3.90. The molecule has 4 heterocycles. The minimum absolute atomic E-state index is 0.0144. The van der Waals surface area contributed by atoms with Crippen molar-refractivity contribution in [2.24, 2.45) is 7.05 Å². The zero-order chi connectivity index (χ0) is 25.1. The molecule has 0 saturated carbocycles. The summed E-state index contributed by atoms with van der Waals surface area (Å²) in [7, 11) is 1.86. The third-order valence-corrected chi connectivity index (χ3v) is 7.36. The number of ether oxygens (including phenoxy) is 1. The highest BCUT2D eigenvalue weighted by Crippen LogP contribution is 2.39. The average Bonchev–Trinajstić information content (AvgIpc) is 3.45. The highest BCUT2D eigenvalue weighted by Gasteiger charge is 2.39. The van der Waals surface area contributed by atoms with Crippen LogP contribution in [0.5, 0.6) is 5.75 Å². The lowest BCUT2D eigenvalue weighted by Crippen LogP contribution is -2.43. The summed E-state index contributed by atoms with van der Waals surface area (Å²) in [6, 6.07) is 2.37. The number of nitrogens with zero attached hydrogens (tertiary/aromatic N) is 5. The molecule has 0 aliphatic carbocycles. The van der Waals surface area contributed by atoms with E-state index in [9.17, 15) is 18.0 Å². The number of imidazole rings is 1. The van der Waals surface area contributed by atoms with Crippen molar-refractivity contribution in [1.82, 2.24) is 24.1 Å².